The first-order valence-corrected chi connectivity index (χ1v) is 9.13. The zero-order valence-electron chi connectivity index (χ0n) is 10.7. The molecule has 0 fully saturated rings. The van der Waals surface area contributed by atoms with Gasteiger partial charge in [0.05, 0.1) is 6.54 Å². The Labute approximate surface area is 115 Å². The molecule has 0 aromatic rings. The Kier molecular flexibility index (Phi) is 8.15. The smallest absolute Gasteiger partial charge is 0.379 e. The van der Waals surface area contributed by atoms with Crippen molar-refractivity contribution in [2.75, 3.05) is 12.3 Å². The molecule has 8 nitrogen and oxygen atoms in total. The summed E-state index contributed by atoms with van der Waals surface area (Å²) in [5.41, 5.74) is 1.38. The summed E-state index contributed by atoms with van der Waals surface area (Å²) in [4.78, 5) is 29.0. The van der Waals surface area contributed by atoms with E-state index in [1.165, 1.54) is 5.57 Å². The Morgan fingerprint density at radius 1 is 1.37 bits per heavy atom. The third-order valence-electron chi connectivity index (χ3n) is 1.54. The second-order valence-corrected chi connectivity index (χ2v) is 7.29. The first-order chi connectivity index (χ1) is 8.56. The lowest BCUT2D eigenvalue weighted by Gasteiger charge is -2.11. The molecule has 0 spiro atoms. The minimum Gasteiger partial charge on any atom is -0.379 e. The summed E-state index contributed by atoms with van der Waals surface area (Å²) < 4.78 is 29.0. The van der Waals surface area contributed by atoms with Crippen molar-refractivity contribution in [1.82, 2.24) is 0 Å². The number of nitrogens with zero attached hydrogens (tertiary/aromatic N) is 1. The predicted octanol–water partition coefficient (Wildman–Crippen LogP) is 2.29. The molecule has 112 valence electrons. The van der Waals surface area contributed by atoms with Crippen LogP contribution in [0.4, 0.5) is 0 Å². The fraction of sp³-hybridized carbons (Fsp3) is 0.625. The van der Waals surface area contributed by atoms with Crippen molar-refractivity contribution in [3.63, 3.8) is 0 Å². The van der Waals surface area contributed by atoms with Crippen molar-refractivity contribution in [3.05, 3.63) is 11.6 Å². The fourth-order valence-electron chi connectivity index (χ4n) is 0.621. The van der Waals surface area contributed by atoms with Gasteiger partial charge in [-0.05, 0) is 20.8 Å². The molecule has 19 heavy (non-hydrogen) atoms. The van der Waals surface area contributed by atoms with Gasteiger partial charge >= 0.3 is 15.6 Å². The molecule has 1 atom stereocenters. The predicted molar refractivity (Wildman–Crippen MR) is 73.9 cm³/mol. The van der Waals surface area contributed by atoms with Gasteiger partial charge in [0.15, 0.2) is 0 Å². The zero-order valence-corrected chi connectivity index (χ0v) is 13.3. The van der Waals surface area contributed by atoms with Crippen LogP contribution in [0.2, 0.25) is 0 Å². The largest absolute Gasteiger partial charge is 0.538 e. The molecule has 0 radical (unpaired) electrons. The summed E-state index contributed by atoms with van der Waals surface area (Å²) in [6, 6.07) is 0. The topological polar surface area (TPSA) is 126 Å². The number of thioether (sulfide) groups is 1. The molecule has 1 heterocycles. The van der Waals surface area contributed by atoms with Crippen molar-refractivity contribution < 1.29 is 32.6 Å². The highest BCUT2D eigenvalue weighted by Crippen LogP contribution is 2.58. The van der Waals surface area contributed by atoms with E-state index in [0.29, 0.717) is 12.3 Å². The minimum atomic E-state index is -5.05. The Morgan fingerprint density at radius 3 is 2.21 bits per heavy atom. The molecule has 11 heteroatoms. The van der Waals surface area contributed by atoms with Crippen LogP contribution in [0.15, 0.2) is 16.6 Å². The molecule has 0 aliphatic carbocycles. The molecule has 1 rings (SSSR count). The third kappa shape index (κ3) is 11.4. The molecule has 0 bridgehead atoms. The zero-order chi connectivity index (χ0) is 15.1. The summed E-state index contributed by atoms with van der Waals surface area (Å²) in [6.07, 6.45) is 2.08. The molecule has 1 aliphatic heterocycles. The highest BCUT2D eigenvalue weighted by molar-refractivity contribution is 8.14. The van der Waals surface area contributed by atoms with Crippen molar-refractivity contribution in [1.29, 1.82) is 0 Å². The lowest BCUT2D eigenvalue weighted by molar-refractivity contribution is 0.228. The molecule has 1 unspecified atom stereocenters. The minimum absolute atomic E-state index is 0.107. The molecule has 3 N–H and O–H groups in total. The maximum Gasteiger partial charge on any atom is 0.538 e. The monoisotopic (exact) mass is 333 g/mol. The molecule has 0 aromatic heterocycles. The van der Waals surface area contributed by atoms with Gasteiger partial charge in [-0.3, -0.25) is 4.89 Å². The average molecular weight is 333 g/mol. The molecular formula is C8H17NO7P2S. The maximum atomic E-state index is 10.9. The third-order valence-corrected chi connectivity index (χ3v) is 4.59. The van der Waals surface area contributed by atoms with Gasteiger partial charge in [-0.25, -0.2) is 14.1 Å². The Morgan fingerprint density at radius 2 is 1.89 bits per heavy atom. The molecule has 0 aromatic carbocycles. The van der Waals surface area contributed by atoms with E-state index in [2.05, 4.69) is 33.8 Å². The van der Waals surface area contributed by atoms with E-state index in [4.69, 9.17) is 14.7 Å². The van der Waals surface area contributed by atoms with Gasteiger partial charge in [0.1, 0.15) is 0 Å². The molecule has 0 saturated carbocycles. The Hall–Kier alpha value is -0.140. The quantitative estimate of drug-likeness (QED) is 0.530. The Bertz CT molecular complexity index is 440. The number of allylic oxidation sites excluding steroid dienone is 2. The van der Waals surface area contributed by atoms with Crippen LogP contribution in [-0.2, 0) is 18.0 Å². The number of phosphoric ester groups is 1. The lowest BCUT2D eigenvalue weighted by atomic mass is 10.3. The van der Waals surface area contributed by atoms with E-state index in [1.807, 2.05) is 6.92 Å². The number of aliphatic imine (C=N–C) groups is 1. The highest BCUT2D eigenvalue weighted by atomic mass is 32.2. The van der Waals surface area contributed by atoms with Crippen molar-refractivity contribution in [2.45, 2.75) is 20.8 Å². The molecular weight excluding hydrogens is 316 g/mol. The summed E-state index contributed by atoms with van der Waals surface area (Å²) >= 11 is 1.06. The van der Waals surface area contributed by atoms with E-state index in [1.54, 1.807) is 0 Å². The van der Waals surface area contributed by atoms with Crippen molar-refractivity contribution in [3.8, 4) is 0 Å². The van der Waals surface area contributed by atoms with E-state index >= 15 is 0 Å². The summed E-state index contributed by atoms with van der Waals surface area (Å²) in [6.45, 7) is 6.63. The molecule has 1 aliphatic rings. The second-order valence-electron chi connectivity index (χ2n) is 3.49. The van der Waals surface area contributed by atoms with Gasteiger partial charge in [0.25, 0.3) is 5.23 Å². The van der Waals surface area contributed by atoms with Crippen molar-refractivity contribution >= 4 is 32.6 Å². The van der Waals surface area contributed by atoms with E-state index in [-0.39, 0.29) is 5.23 Å². The first-order valence-electron chi connectivity index (χ1n) is 5.12. The van der Waals surface area contributed by atoms with Crippen LogP contribution < -0.4 is 0 Å². The van der Waals surface area contributed by atoms with Crippen LogP contribution in [0.25, 0.3) is 0 Å². The highest BCUT2D eigenvalue weighted by Gasteiger charge is 2.35. The number of hydrogen-bond donors (Lipinski definition) is 3. The van der Waals surface area contributed by atoms with E-state index in [0.717, 1.165) is 11.8 Å². The lowest BCUT2D eigenvalue weighted by Crippen LogP contribution is -1.97. The normalized spacial score (nSPS) is 17.7. The standard InChI is InChI=1S/C5H10.C3H7NO7P2S/c1-4-5(2)3;5-12(6,7)11-13(8,9)10-3-4-1-2-14-3/h4H,1-3H3;1-2H2,(H,8,9)(H2,5,6,7). The molecule has 0 amide bonds. The van der Waals surface area contributed by atoms with Crippen LogP contribution in [-0.4, -0.2) is 32.2 Å². The van der Waals surface area contributed by atoms with Crippen molar-refractivity contribution in [2.24, 2.45) is 4.99 Å². The van der Waals surface area contributed by atoms with Crippen LogP contribution in [0.5, 0.6) is 0 Å². The summed E-state index contributed by atoms with van der Waals surface area (Å²) in [7, 11) is -9.82. The van der Waals surface area contributed by atoms with Crippen LogP contribution in [0.3, 0.4) is 0 Å². The first kappa shape index (κ1) is 18.9. The van der Waals surface area contributed by atoms with Crippen LogP contribution >= 0.6 is 27.4 Å². The molecule has 0 saturated heterocycles. The van der Waals surface area contributed by atoms with Gasteiger partial charge in [-0.2, -0.15) is 4.31 Å². The van der Waals surface area contributed by atoms with Crippen LogP contribution in [0, 0.1) is 0 Å². The van der Waals surface area contributed by atoms with E-state index in [9.17, 15) is 9.13 Å². The fourth-order valence-corrected chi connectivity index (χ4v) is 3.12. The summed E-state index contributed by atoms with van der Waals surface area (Å²) in [5, 5.41) is -0.107. The number of hydrogen-bond acceptors (Lipinski definition) is 6. The number of rotatable bonds is 3. The second kappa shape index (κ2) is 8.21. The Balaban J connectivity index is 0.000000555. The number of phosphoric acid groups is 2. The SMILES string of the molecule is CC=C(C)C.O=P(O)(O)OP(=O)(O)OC1=NCCS1. The van der Waals surface area contributed by atoms with Gasteiger partial charge in [0.2, 0.25) is 0 Å². The average Bonchev–Trinajstić information content (AvgIpc) is 2.66. The van der Waals surface area contributed by atoms with Gasteiger partial charge in [0, 0.05) is 5.75 Å². The van der Waals surface area contributed by atoms with Gasteiger partial charge in [-0.15, -0.1) is 0 Å². The summed E-state index contributed by atoms with van der Waals surface area (Å²) in [5.74, 6) is 0.589. The van der Waals surface area contributed by atoms with Gasteiger partial charge in [-0.1, -0.05) is 23.4 Å². The van der Waals surface area contributed by atoms with Crippen LogP contribution in [0.1, 0.15) is 20.8 Å². The van der Waals surface area contributed by atoms with E-state index < -0.39 is 15.6 Å². The maximum absolute atomic E-state index is 10.9. The van der Waals surface area contributed by atoms with Gasteiger partial charge < -0.3 is 14.3 Å².